The van der Waals surface area contributed by atoms with Gasteiger partial charge in [-0.15, -0.1) is 0 Å². The van der Waals surface area contributed by atoms with E-state index in [0.29, 0.717) is 16.8 Å². The van der Waals surface area contributed by atoms with Crippen LogP contribution in [0.5, 0.6) is 0 Å². The molecule has 0 saturated heterocycles. The van der Waals surface area contributed by atoms with E-state index in [1.165, 1.54) is 12.1 Å². The van der Waals surface area contributed by atoms with Crippen LogP contribution >= 0.6 is 0 Å². The number of anilines is 2. The number of carbonyl (C=O) groups is 2. The molecule has 38 heavy (non-hydrogen) atoms. The molecule has 0 spiro atoms. The Morgan fingerprint density at radius 3 is 2.16 bits per heavy atom. The third-order valence-electron chi connectivity index (χ3n) is 6.37. The highest BCUT2D eigenvalue weighted by Gasteiger charge is 2.31. The lowest BCUT2D eigenvalue weighted by atomic mass is 9.83. The fourth-order valence-electron chi connectivity index (χ4n) is 3.85. The van der Waals surface area contributed by atoms with Crippen LogP contribution in [0.1, 0.15) is 44.2 Å². The van der Waals surface area contributed by atoms with Crippen LogP contribution in [0.4, 0.5) is 20.2 Å². The molecular weight excluding hydrogens is 514 g/mol. The minimum atomic E-state index is -3.38. The van der Waals surface area contributed by atoms with Crippen LogP contribution in [0.3, 0.4) is 0 Å². The van der Waals surface area contributed by atoms with E-state index in [1.807, 2.05) is 0 Å². The third-order valence-corrected chi connectivity index (χ3v) is 8.12. The molecule has 7 nitrogen and oxygen atoms in total. The van der Waals surface area contributed by atoms with Crippen molar-refractivity contribution < 1.29 is 31.9 Å². The van der Waals surface area contributed by atoms with Gasteiger partial charge in [-0.1, -0.05) is 31.2 Å². The minimum absolute atomic E-state index is 0.0386. The number of nitrogens with one attached hydrogen (secondary N) is 2. The molecule has 0 aliphatic heterocycles. The summed E-state index contributed by atoms with van der Waals surface area (Å²) in [5, 5.41) is 14.7. The SMILES string of the molecule is CCS(=O)(=O)c1ccc(C(CCO)C(=O)Nc2ccc(C(C)(C)C(=O)Nc3cc(F)ccc3F)cc2)cc1. The summed E-state index contributed by atoms with van der Waals surface area (Å²) in [4.78, 5) is 26.0. The molecular formula is C28H30F2N2O5S. The quantitative estimate of drug-likeness (QED) is 0.340. The molecule has 0 aliphatic carbocycles. The molecule has 1 atom stereocenters. The molecule has 0 bridgehead atoms. The molecule has 0 radical (unpaired) electrons. The summed E-state index contributed by atoms with van der Waals surface area (Å²) in [5.74, 6) is -3.13. The Hall–Kier alpha value is -3.63. The molecule has 0 heterocycles. The molecule has 2 amide bonds. The maximum Gasteiger partial charge on any atom is 0.234 e. The zero-order chi connectivity index (χ0) is 28.1. The highest BCUT2D eigenvalue weighted by molar-refractivity contribution is 7.91. The normalized spacial score (nSPS) is 12.6. The predicted molar refractivity (Wildman–Crippen MR) is 142 cm³/mol. The van der Waals surface area contributed by atoms with E-state index in [-0.39, 0.29) is 29.4 Å². The summed E-state index contributed by atoms with van der Waals surface area (Å²) in [6.45, 7) is 4.56. The fourth-order valence-corrected chi connectivity index (χ4v) is 4.74. The topological polar surface area (TPSA) is 113 Å². The van der Waals surface area contributed by atoms with Gasteiger partial charge in [0.25, 0.3) is 0 Å². The van der Waals surface area contributed by atoms with Crippen LogP contribution in [-0.4, -0.2) is 37.7 Å². The highest BCUT2D eigenvalue weighted by Crippen LogP contribution is 2.29. The molecule has 0 fully saturated rings. The van der Waals surface area contributed by atoms with Crippen molar-refractivity contribution in [2.24, 2.45) is 0 Å². The number of amides is 2. The first kappa shape index (κ1) is 28.9. The third kappa shape index (κ3) is 6.62. The molecule has 3 N–H and O–H groups in total. The van der Waals surface area contributed by atoms with Crippen molar-refractivity contribution in [3.63, 3.8) is 0 Å². The van der Waals surface area contributed by atoms with Crippen molar-refractivity contribution in [2.75, 3.05) is 23.0 Å². The van der Waals surface area contributed by atoms with Crippen LogP contribution in [0.25, 0.3) is 0 Å². The van der Waals surface area contributed by atoms with E-state index < -0.39 is 44.6 Å². The summed E-state index contributed by atoms with van der Waals surface area (Å²) in [6, 6.07) is 15.3. The van der Waals surface area contributed by atoms with Gasteiger partial charge in [-0.25, -0.2) is 17.2 Å². The van der Waals surface area contributed by atoms with Gasteiger partial charge in [-0.3, -0.25) is 9.59 Å². The zero-order valence-electron chi connectivity index (χ0n) is 21.3. The number of halogens is 2. The number of benzene rings is 3. The molecule has 3 rings (SSSR count). The largest absolute Gasteiger partial charge is 0.396 e. The fraction of sp³-hybridized carbons (Fsp3) is 0.286. The van der Waals surface area contributed by atoms with Gasteiger partial charge >= 0.3 is 0 Å². The average molecular weight is 545 g/mol. The molecule has 10 heteroatoms. The summed E-state index contributed by atoms with van der Waals surface area (Å²) < 4.78 is 51.6. The van der Waals surface area contributed by atoms with Crippen LogP contribution < -0.4 is 10.6 Å². The first-order chi connectivity index (χ1) is 17.9. The lowest BCUT2D eigenvalue weighted by Crippen LogP contribution is -2.35. The first-order valence-corrected chi connectivity index (χ1v) is 13.7. The molecule has 0 aliphatic rings. The number of aliphatic hydroxyl groups is 1. The Balaban J connectivity index is 1.74. The number of carbonyl (C=O) groups excluding carboxylic acids is 2. The van der Waals surface area contributed by atoms with E-state index in [9.17, 15) is 31.9 Å². The van der Waals surface area contributed by atoms with Crippen LogP contribution in [0.2, 0.25) is 0 Å². The molecule has 0 aromatic heterocycles. The van der Waals surface area contributed by atoms with Gasteiger partial charge in [-0.2, -0.15) is 0 Å². The smallest absolute Gasteiger partial charge is 0.234 e. The Labute approximate surface area is 220 Å². The first-order valence-electron chi connectivity index (χ1n) is 12.0. The summed E-state index contributed by atoms with van der Waals surface area (Å²) in [7, 11) is -3.38. The average Bonchev–Trinajstić information content (AvgIpc) is 2.89. The number of hydrogen-bond donors (Lipinski definition) is 3. The van der Waals surface area contributed by atoms with Crippen LogP contribution in [0, 0.1) is 11.6 Å². The van der Waals surface area contributed by atoms with E-state index in [0.717, 1.165) is 18.2 Å². The van der Waals surface area contributed by atoms with Crippen molar-refractivity contribution in [3.05, 3.63) is 89.5 Å². The Morgan fingerprint density at radius 1 is 0.947 bits per heavy atom. The van der Waals surface area contributed by atoms with Crippen molar-refractivity contribution in [3.8, 4) is 0 Å². The number of aliphatic hydroxyl groups excluding tert-OH is 1. The highest BCUT2D eigenvalue weighted by atomic mass is 32.2. The van der Waals surface area contributed by atoms with Crippen LogP contribution in [-0.2, 0) is 24.8 Å². The van der Waals surface area contributed by atoms with E-state index in [1.54, 1.807) is 57.2 Å². The van der Waals surface area contributed by atoms with Gasteiger partial charge < -0.3 is 15.7 Å². The lowest BCUT2D eigenvalue weighted by Gasteiger charge is -2.25. The van der Waals surface area contributed by atoms with Gasteiger partial charge in [0, 0.05) is 18.4 Å². The molecule has 202 valence electrons. The number of sulfone groups is 1. The Kier molecular flexibility index (Phi) is 9.01. The second-order valence-corrected chi connectivity index (χ2v) is 11.6. The van der Waals surface area contributed by atoms with Gasteiger partial charge in [0.15, 0.2) is 9.84 Å². The summed E-state index contributed by atoms with van der Waals surface area (Å²) >= 11 is 0. The zero-order valence-corrected chi connectivity index (χ0v) is 22.1. The Morgan fingerprint density at radius 2 is 1.58 bits per heavy atom. The maximum atomic E-state index is 14.0. The number of hydrogen-bond acceptors (Lipinski definition) is 5. The van der Waals surface area contributed by atoms with E-state index in [2.05, 4.69) is 10.6 Å². The monoisotopic (exact) mass is 544 g/mol. The van der Waals surface area contributed by atoms with Gasteiger partial charge in [0.05, 0.1) is 27.7 Å². The maximum absolute atomic E-state index is 14.0. The van der Waals surface area contributed by atoms with Gasteiger partial charge in [0.1, 0.15) is 11.6 Å². The van der Waals surface area contributed by atoms with Crippen molar-refractivity contribution in [1.29, 1.82) is 0 Å². The van der Waals surface area contributed by atoms with Gasteiger partial charge in [-0.05, 0) is 67.8 Å². The van der Waals surface area contributed by atoms with E-state index in [4.69, 9.17) is 0 Å². The standard InChI is InChI=1S/C28H30F2N2O5S/c1-4-38(36,37)22-12-5-18(6-13-22)23(15-16-33)26(34)31-21-10-7-19(8-11-21)28(2,3)27(35)32-25-17-20(29)9-14-24(25)30/h5-14,17,23,33H,4,15-16H2,1-3H3,(H,31,34)(H,32,35). The minimum Gasteiger partial charge on any atom is -0.396 e. The van der Waals surface area contributed by atoms with Crippen molar-refractivity contribution in [2.45, 2.75) is 43.4 Å². The molecule has 3 aromatic rings. The Bertz CT molecular complexity index is 1410. The lowest BCUT2D eigenvalue weighted by molar-refractivity contribution is -0.120. The molecule has 3 aromatic carbocycles. The summed E-state index contributed by atoms with van der Waals surface area (Å²) in [5.41, 5.74) is 0.206. The summed E-state index contributed by atoms with van der Waals surface area (Å²) in [6.07, 6.45) is 0.133. The second-order valence-electron chi connectivity index (χ2n) is 9.31. The predicted octanol–water partition coefficient (Wildman–Crippen LogP) is 4.78. The van der Waals surface area contributed by atoms with Crippen LogP contribution in [0.15, 0.2) is 71.6 Å². The van der Waals surface area contributed by atoms with E-state index >= 15 is 0 Å². The van der Waals surface area contributed by atoms with Crippen molar-refractivity contribution in [1.82, 2.24) is 0 Å². The van der Waals surface area contributed by atoms with Gasteiger partial charge in [0.2, 0.25) is 11.8 Å². The second kappa shape index (κ2) is 11.8. The molecule has 1 unspecified atom stereocenters. The van der Waals surface area contributed by atoms with Crippen molar-refractivity contribution >= 4 is 33.0 Å². The number of rotatable bonds is 10. The molecule has 0 saturated carbocycles.